The van der Waals surface area contributed by atoms with E-state index in [-0.39, 0.29) is 30.8 Å². The van der Waals surface area contributed by atoms with E-state index in [1.54, 1.807) is 17.4 Å². The molecule has 0 aromatic carbocycles. The first-order chi connectivity index (χ1) is 10.8. The van der Waals surface area contributed by atoms with Gasteiger partial charge in [-0.2, -0.15) is 0 Å². The van der Waals surface area contributed by atoms with Crippen molar-refractivity contribution in [2.75, 3.05) is 19.9 Å². The highest BCUT2D eigenvalue weighted by molar-refractivity contribution is 5.77. The van der Waals surface area contributed by atoms with Gasteiger partial charge in [0.05, 0.1) is 30.8 Å². The Morgan fingerprint density at radius 3 is 3.00 bits per heavy atom. The summed E-state index contributed by atoms with van der Waals surface area (Å²) in [5.74, 6) is 0.00872. The molecule has 0 N–H and O–H groups in total. The van der Waals surface area contributed by atoms with Gasteiger partial charge in [0.25, 0.3) is 0 Å². The van der Waals surface area contributed by atoms with Crippen molar-refractivity contribution in [3.63, 3.8) is 0 Å². The fourth-order valence-corrected chi connectivity index (χ4v) is 3.06. The zero-order valence-corrected chi connectivity index (χ0v) is 12.9. The second kappa shape index (κ2) is 7.26. The number of hydrogen-bond acceptors (Lipinski definition) is 5. The van der Waals surface area contributed by atoms with E-state index in [1.807, 2.05) is 13.0 Å². The number of rotatable bonds is 6. The highest BCUT2D eigenvalue weighted by Crippen LogP contribution is 2.29. The third-order valence-electron chi connectivity index (χ3n) is 4.38. The van der Waals surface area contributed by atoms with Gasteiger partial charge in [0.2, 0.25) is 5.91 Å². The van der Waals surface area contributed by atoms with Crippen molar-refractivity contribution in [3.05, 3.63) is 24.2 Å². The van der Waals surface area contributed by atoms with Gasteiger partial charge in [-0.3, -0.25) is 4.79 Å². The maximum atomic E-state index is 12.3. The van der Waals surface area contributed by atoms with Crippen molar-refractivity contribution in [2.24, 2.45) is 0 Å². The SMILES string of the molecule is CCN(Cc1ccoc1)C(=O)COC1CCC2OCOC2C1. The normalized spacial score (nSPS) is 27.6. The number of nitrogens with zero attached hydrogens (tertiary/aromatic N) is 1. The fourth-order valence-electron chi connectivity index (χ4n) is 3.06. The molecule has 1 aromatic rings. The Kier molecular flexibility index (Phi) is 5.12. The van der Waals surface area contributed by atoms with Gasteiger partial charge in [0, 0.05) is 25.1 Å². The molecule has 1 aliphatic carbocycles. The van der Waals surface area contributed by atoms with Gasteiger partial charge < -0.3 is 23.5 Å². The number of carbonyl (C=O) groups is 1. The van der Waals surface area contributed by atoms with Gasteiger partial charge in [-0.1, -0.05) is 0 Å². The molecule has 0 bridgehead atoms. The van der Waals surface area contributed by atoms with Gasteiger partial charge >= 0.3 is 0 Å². The van der Waals surface area contributed by atoms with Crippen molar-refractivity contribution in [2.45, 2.75) is 51.0 Å². The molecule has 2 heterocycles. The molecule has 0 radical (unpaired) electrons. The first-order valence-corrected chi connectivity index (χ1v) is 7.90. The molecule has 2 aliphatic rings. The average molecular weight is 309 g/mol. The van der Waals surface area contributed by atoms with E-state index in [1.165, 1.54) is 0 Å². The van der Waals surface area contributed by atoms with Crippen LogP contribution in [0.25, 0.3) is 0 Å². The van der Waals surface area contributed by atoms with Crippen molar-refractivity contribution < 1.29 is 23.4 Å². The summed E-state index contributed by atoms with van der Waals surface area (Å²) >= 11 is 0. The van der Waals surface area contributed by atoms with E-state index < -0.39 is 0 Å². The minimum Gasteiger partial charge on any atom is -0.472 e. The first-order valence-electron chi connectivity index (χ1n) is 7.90. The predicted molar refractivity (Wildman–Crippen MR) is 78.0 cm³/mol. The second-order valence-corrected chi connectivity index (χ2v) is 5.81. The molecule has 1 amide bonds. The Morgan fingerprint density at radius 2 is 2.23 bits per heavy atom. The molecular formula is C16H23NO5. The molecule has 1 aliphatic heterocycles. The minimum absolute atomic E-state index is 0.00872. The smallest absolute Gasteiger partial charge is 0.248 e. The van der Waals surface area contributed by atoms with Crippen LogP contribution in [0.1, 0.15) is 31.7 Å². The maximum Gasteiger partial charge on any atom is 0.248 e. The van der Waals surface area contributed by atoms with Crippen LogP contribution in [-0.4, -0.2) is 49.1 Å². The topological polar surface area (TPSA) is 61.1 Å². The Bertz CT molecular complexity index is 475. The lowest BCUT2D eigenvalue weighted by molar-refractivity contribution is -0.140. The summed E-state index contributed by atoms with van der Waals surface area (Å²) in [4.78, 5) is 14.1. The Morgan fingerprint density at radius 1 is 1.36 bits per heavy atom. The summed E-state index contributed by atoms with van der Waals surface area (Å²) in [5, 5.41) is 0. The summed E-state index contributed by atoms with van der Waals surface area (Å²) in [7, 11) is 0. The number of furan rings is 1. The predicted octanol–water partition coefficient (Wildman–Crippen LogP) is 1.94. The van der Waals surface area contributed by atoms with E-state index in [9.17, 15) is 4.79 Å². The average Bonchev–Trinajstić information content (AvgIpc) is 3.20. The number of hydrogen-bond donors (Lipinski definition) is 0. The molecule has 122 valence electrons. The van der Waals surface area contributed by atoms with Gasteiger partial charge in [-0.15, -0.1) is 0 Å². The number of carbonyl (C=O) groups excluding carboxylic acids is 1. The molecule has 2 fully saturated rings. The highest BCUT2D eigenvalue weighted by Gasteiger charge is 2.36. The summed E-state index contributed by atoms with van der Waals surface area (Å²) in [5.41, 5.74) is 0.993. The zero-order chi connectivity index (χ0) is 15.4. The molecule has 1 aromatic heterocycles. The van der Waals surface area contributed by atoms with Gasteiger partial charge in [-0.05, 0) is 25.8 Å². The van der Waals surface area contributed by atoms with E-state index in [2.05, 4.69) is 0 Å². The monoisotopic (exact) mass is 309 g/mol. The summed E-state index contributed by atoms with van der Waals surface area (Å²) in [6.45, 7) is 3.68. The molecule has 3 rings (SSSR count). The largest absolute Gasteiger partial charge is 0.472 e. The van der Waals surface area contributed by atoms with Crippen LogP contribution in [-0.2, 0) is 25.5 Å². The van der Waals surface area contributed by atoms with Crippen molar-refractivity contribution in [1.82, 2.24) is 4.90 Å². The van der Waals surface area contributed by atoms with Crippen molar-refractivity contribution in [3.8, 4) is 0 Å². The molecular weight excluding hydrogens is 286 g/mol. The van der Waals surface area contributed by atoms with Gasteiger partial charge in [-0.25, -0.2) is 0 Å². The van der Waals surface area contributed by atoms with Crippen LogP contribution in [0.2, 0.25) is 0 Å². The Labute approximate surface area is 130 Å². The summed E-state index contributed by atoms with van der Waals surface area (Å²) in [6, 6.07) is 1.87. The summed E-state index contributed by atoms with van der Waals surface area (Å²) < 4.78 is 21.9. The van der Waals surface area contributed by atoms with E-state index >= 15 is 0 Å². The quantitative estimate of drug-likeness (QED) is 0.803. The molecule has 6 nitrogen and oxygen atoms in total. The molecule has 0 spiro atoms. The van der Waals surface area contributed by atoms with Crippen molar-refractivity contribution in [1.29, 1.82) is 0 Å². The van der Waals surface area contributed by atoms with Gasteiger partial charge in [0.1, 0.15) is 13.4 Å². The van der Waals surface area contributed by atoms with E-state index in [0.29, 0.717) is 19.9 Å². The molecule has 3 unspecified atom stereocenters. The van der Waals surface area contributed by atoms with Crippen LogP contribution in [0.4, 0.5) is 0 Å². The second-order valence-electron chi connectivity index (χ2n) is 5.81. The van der Waals surface area contributed by atoms with Crippen LogP contribution in [0.3, 0.4) is 0 Å². The lowest BCUT2D eigenvalue weighted by Crippen LogP contribution is -2.38. The molecule has 3 atom stereocenters. The lowest BCUT2D eigenvalue weighted by atomic mass is 9.92. The van der Waals surface area contributed by atoms with Crippen LogP contribution >= 0.6 is 0 Å². The number of ether oxygens (including phenoxy) is 3. The zero-order valence-electron chi connectivity index (χ0n) is 12.9. The highest BCUT2D eigenvalue weighted by atomic mass is 16.7. The number of likely N-dealkylation sites (N-methyl/N-ethyl adjacent to an activating group) is 1. The van der Waals surface area contributed by atoms with E-state index in [0.717, 1.165) is 24.8 Å². The number of fused-ring (bicyclic) bond motifs is 1. The Hall–Kier alpha value is -1.37. The number of amides is 1. The Balaban J connectivity index is 1.44. The maximum absolute atomic E-state index is 12.3. The van der Waals surface area contributed by atoms with Crippen LogP contribution < -0.4 is 0 Å². The molecule has 1 saturated carbocycles. The van der Waals surface area contributed by atoms with Crippen LogP contribution in [0.15, 0.2) is 23.0 Å². The molecule has 6 heteroatoms. The van der Waals surface area contributed by atoms with E-state index in [4.69, 9.17) is 18.6 Å². The third kappa shape index (κ3) is 3.69. The van der Waals surface area contributed by atoms with Crippen LogP contribution in [0, 0.1) is 0 Å². The lowest BCUT2D eigenvalue weighted by Gasteiger charge is -2.30. The standard InChI is InChI=1S/C16H23NO5/c1-2-17(8-12-5-6-19-9-12)16(18)10-20-13-3-4-14-15(7-13)22-11-21-14/h5-6,9,13-15H,2-4,7-8,10-11H2,1H3. The summed E-state index contributed by atoms with van der Waals surface area (Å²) in [6.07, 6.45) is 6.38. The minimum atomic E-state index is 0.00872. The molecule has 22 heavy (non-hydrogen) atoms. The fraction of sp³-hybridized carbons (Fsp3) is 0.688. The third-order valence-corrected chi connectivity index (χ3v) is 4.38. The van der Waals surface area contributed by atoms with Gasteiger partial charge in [0.15, 0.2) is 0 Å². The molecule has 1 saturated heterocycles. The van der Waals surface area contributed by atoms with Crippen LogP contribution in [0.5, 0.6) is 0 Å². The van der Waals surface area contributed by atoms with Crippen molar-refractivity contribution >= 4 is 5.91 Å². The first kappa shape index (κ1) is 15.5.